The minimum absolute atomic E-state index is 0.222. The van der Waals surface area contributed by atoms with E-state index in [2.05, 4.69) is 4.98 Å². The average molecular weight is 389 g/mol. The van der Waals surface area contributed by atoms with E-state index in [1.165, 1.54) is 0 Å². The van der Waals surface area contributed by atoms with Gasteiger partial charge in [0.15, 0.2) is 5.82 Å². The fourth-order valence-corrected chi connectivity index (χ4v) is 2.17. The Bertz CT molecular complexity index is 738. The molecule has 0 radical (unpaired) electrons. The first-order chi connectivity index (χ1) is 9.80. The smallest absolute Gasteiger partial charge is 0.337 e. The van der Waals surface area contributed by atoms with Gasteiger partial charge in [-0.15, -0.1) is 0 Å². The number of H-pyrrole nitrogens is 1. The van der Waals surface area contributed by atoms with Crippen LogP contribution in [-0.2, 0) is 5.92 Å². The van der Waals surface area contributed by atoms with Crippen LogP contribution in [-0.4, -0.2) is 22.1 Å². The first-order valence-electron chi connectivity index (χ1n) is 5.16. The van der Waals surface area contributed by atoms with Crippen LogP contribution < -0.4 is 0 Å². The molecule has 0 saturated heterocycles. The summed E-state index contributed by atoms with van der Waals surface area (Å²) in [5.41, 5.74) is -0.879. The van der Waals surface area contributed by atoms with E-state index in [0.29, 0.717) is 0 Å². The molecule has 2 rings (SSSR count). The molecular weight excluding hydrogens is 387 g/mol. The van der Waals surface area contributed by atoms with Crippen molar-refractivity contribution >= 4 is 45.8 Å². The van der Waals surface area contributed by atoms with Crippen molar-refractivity contribution in [2.45, 2.75) is 18.0 Å². The molecule has 0 fully saturated rings. The fourth-order valence-electron chi connectivity index (χ4n) is 1.53. The van der Waals surface area contributed by atoms with Crippen molar-refractivity contribution in [1.82, 2.24) is 9.97 Å². The molecule has 0 atom stereocenters. The normalized spacial score (nSPS) is 13.9. The highest BCUT2D eigenvalue weighted by Crippen LogP contribution is 2.51. The lowest BCUT2D eigenvalue weighted by molar-refractivity contribution is -0.361. The molecule has 2 nitrogen and oxygen atoms in total. The number of fused-ring (bicyclic) bond motifs is 1. The zero-order valence-corrected chi connectivity index (χ0v) is 12.1. The van der Waals surface area contributed by atoms with Gasteiger partial charge in [0.1, 0.15) is 5.52 Å². The number of aromatic amines is 1. The molecule has 122 valence electrons. The van der Waals surface area contributed by atoms with Crippen molar-refractivity contribution in [2.24, 2.45) is 0 Å². The average Bonchev–Trinajstić information content (AvgIpc) is 2.79. The number of imidazole rings is 1. The number of halogens is 10. The Labute approximate surface area is 132 Å². The largest absolute Gasteiger partial charge is 0.460 e. The molecule has 0 aliphatic heterocycles. The molecule has 0 aliphatic rings. The SMILES string of the molecule is FC(F)(F)C(F)(F)C(F)(F)c1nc2c(Cl)c(Cl)c(Cl)cc2[nH]1. The quantitative estimate of drug-likeness (QED) is 0.509. The molecule has 0 amide bonds. The van der Waals surface area contributed by atoms with Gasteiger partial charge >= 0.3 is 18.0 Å². The van der Waals surface area contributed by atoms with Crippen molar-refractivity contribution in [3.63, 3.8) is 0 Å². The van der Waals surface area contributed by atoms with E-state index in [-0.39, 0.29) is 15.6 Å². The Morgan fingerprint density at radius 3 is 1.95 bits per heavy atom. The fraction of sp³-hybridized carbons (Fsp3) is 0.300. The number of nitrogens with zero attached hydrogens (tertiary/aromatic N) is 1. The predicted octanol–water partition coefficient (Wildman–Crippen LogP) is 5.81. The monoisotopic (exact) mass is 388 g/mol. The minimum atomic E-state index is -6.48. The third-order valence-electron chi connectivity index (χ3n) is 2.66. The zero-order valence-electron chi connectivity index (χ0n) is 9.80. The van der Waals surface area contributed by atoms with Crippen LogP contribution in [0, 0.1) is 0 Å². The Morgan fingerprint density at radius 2 is 1.45 bits per heavy atom. The molecule has 12 heteroatoms. The summed E-state index contributed by atoms with van der Waals surface area (Å²) >= 11 is 16.9. The summed E-state index contributed by atoms with van der Waals surface area (Å²) in [6.45, 7) is 0. The van der Waals surface area contributed by atoms with E-state index in [1.807, 2.05) is 0 Å². The lowest BCUT2D eigenvalue weighted by atomic mass is 10.1. The molecular formula is C10H2Cl3F7N2. The van der Waals surface area contributed by atoms with Gasteiger partial charge in [0, 0.05) is 0 Å². The van der Waals surface area contributed by atoms with Gasteiger partial charge in [0.25, 0.3) is 0 Å². The van der Waals surface area contributed by atoms with E-state index >= 15 is 0 Å². The van der Waals surface area contributed by atoms with Crippen LogP contribution in [0.15, 0.2) is 6.07 Å². The molecule has 0 saturated carbocycles. The zero-order chi connectivity index (χ0) is 17.1. The second-order valence-corrected chi connectivity index (χ2v) is 5.28. The first kappa shape index (κ1) is 17.4. The standard InChI is InChI=1S/C10H2Cl3F7N2/c11-2-1-3-6(5(13)4(2)12)22-7(21-3)8(14,15)9(16,17)10(18,19)20/h1H,(H,21,22). The number of hydrogen-bond donors (Lipinski definition) is 1. The summed E-state index contributed by atoms with van der Waals surface area (Å²) < 4.78 is 89.4. The third-order valence-corrected chi connectivity index (χ3v) is 3.91. The van der Waals surface area contributed by atoms with E-state index in [9.17, 15) is 30.7 Å². The molecule has 0 unspecified atom stereocenters. The molecule has 22 heavy (non-hydrogen) atoms. The van der Waals surface area contributed by atoms with Crippen molar-refractivity contribution in [3.05, 3.63) is 27.0 Å². The van der Waals surface area contributed by atoms with E-state index in [1.54, 1.807) is 4.98 Å². The molecule has 0 spiro atoms. The van der Waals surface area contributed by atoms with E-state index in [0.717, 1.165) is 6.07 Å². The molecule has 0 bridgehead atoms. The molecule has 1 N–H and O–H groups in total. The number of benzene rings is 1. The van der Waals surface area contributed by atoms with Gasteiger partial charge in [-0.05, 0) is 6.07 Å². The lowest BCUT2D eigenvalue weighted by Gasteiger charge is -2.26. The summed E-state index contributed by atoms with van der Waals surface area (Å²) in [4.78, 5) is 4.66. The summed E-state index contributed by atoms with van der Waals surface area (Å²) in [5, 5.41) is -0.988. The maximum absolute atomic E-state index is 13.5. The Hall–Kier alpha value is -0.930. The third kappa shape index (κ3) is 2.39. The second kappa shape index (κ2) is 5.04. The molecule has 1 heterocycles. The van der Waals surface area contributed by atoms with Crippen LogP contribution in [0.4, 0.5) is 30.7 Å². The van der Waals surface area contributed by atoms with Gasteiger partial charge < -0.3 is 4.98 Å². The van der Waals surface area contributed by atoms with Gasteiger partial charge in [0.05, 0.1) is 20.6 Å². The van der Waals surface area contributed by atoms with Gasteiger partial charge in [-0.3, -0.25) is 0 Å². The number of aromatic nitrogens is 2. The number of alkyl halides is 7. The van der Waals surface area contributed by atoms with Gasteiger partial charge in [-0.1, -0.05) is 34.8 Å². The summed E-state index contributed by atoms with van der Waals surface area (Å²) in [7, 11) is 0. The van der Waals surface area contributed by atoms with Crippen molar-refractivity contribution in [2.75, 3.05) is 0 Å². The van der Waals surface area contributed by atoms with Crippen molar-refractivity contribution in [1.29, 1.82) is 0 Å². The molecule has 2 aromatic rings. The van der Waals surface area contributed by atoms with Gasteiger partial charge in [-0.25, -0.2) is 4.98 Å². The van der Waals surface area contributed by atoms with Crippen molar-refractivity contribution < 1.29 is 30.7 Å². The van der Waals surface area contributed by atoms with Crippen LogP contribution in [0.25, 0.3) is 11.0 Å². The summed E-state index contributed by atoms with van der Waals surface area (Å²) in [5.74, 6) is -13.9. The van der Waals surface area contributed by atoms with Crippen LogP contribution in [0.3, 0.4) is 0 Å². The van der Waals surface area contributed by atoms with E-state index < -0.39 is 34.4 Å². The number of nitrogens with one attached hydrogen (secondary N) is 1. The van der Waals surface area contributed by atoms with E-state index in [4.69, 9.17) is 34.8 Å². The van der Waals surface area contributed by atoms with Crippen molar-refractivity contribution in [3.8, 4) is 0 Å². The van der Waals surface area contributed by atoms with Gasteiger partial charge in [0.2, 0.25) is 0 Å². The predicted molar refractivity (Wildman–Crippen MR) is 66.0 cm³/mol. The highest BCUT2D eigenvalue weighted by atomic mass is 35.5. The molecule has 0 aliphatic carbocycles. The molecule has 1 aromatic heterocycles. The Morgan fingerprint density at radius 1 is 0.909 bits per heavy atom. The summed E-state index contributed by atoms with van der Waals surface area (Å²) in [6, 6.07) is 0.920. The minimum Gasteiger partial charge on any atom is -0.337 e. The highest BCUT2D eigenvalue weighted by molar-refractivity contribution is 6.50. The highest BCUT2D eigenvalue weighted by Gasteiger charge is 2.74. The Kier molecular flexibility index (Phi) is 3.99. The van der Waals surface area contributed by atoms with Gasteiger partial charge in [-0.2, -0.15) is 30.7 Å². The number of hydrogen-bond acceptors (Lipinski definition) is 1. The van der Waals surface area contributed by atoms with Crippen LogP contribution >= 0.6 is 34.8 Å². The first-order valence-corrected chi connectivity index (χ1v) is 6.30. The molecule has 1 aromatic carbocycles. The van der Waals surface area contributed by atoms with Crippen LogP contribution in [0.1, 0.15) is 5.82 Å². The summed E-state index contributed by atoms with van der Waals surface area (Å²) in [6.07, 6.45) is -6.48. The maximum Gasteiger partial charge on any atom is 0.460 e. The van der Waals surface area contributed by atoms with Crippen LogP contribution in [0.2, 0.25) is 15.1 Å². The van der Waals surface area contributed by atoms with Crippen LogP contribution in [0.5, 0.6) is 0 Å². The second-order valence-electron chi connectivity index (χ2n) is 4.11. The number of rotatable bonds is 2. The maximum atomic E-state index is 13.5. The Balaban J connectivity index is 2.68. The lowest BCUT2D eigenvalue weighted by Crippen LogP contribution is -2.50. The topological polar surface area (TPSA) is 28.7 Å².